The number of phenols is 1. The second-order valence-electron chi connectivity index (χ2n) is 8.91. The minimum atomic E-state index is 0.0284. The van der Waals surface area contributed by atoms with E-state index in [4.69, 9.17) is 9.72 Å². The average Bonchev–Trinajstić information content (AvgIpc) is 3.51. The Kier molecular flexibility index (Phi) is 4.30. The number of aromatic amines is 1. The molecule has 6 rings (SSSR count). The van der Waals surface area contributed by atoms with Gasteiger partial charge in [-0.05, 0) is 61.6 Å². The molecule has 7 nitrogen and oxygen atoms in total. The number of fused-ring (bicyclic) bond motifs is 1. The van der Waals surface area contributed by atoms with Crippen LogP contribution in [0.15, 0.2) is 30.3 Å². The van der Waals surface area contributed by atoms with Gasteiger partial charge in [-0.15, -0.1) is 0 Å². The maximum absolute atomic E-state index is 9.64. The molecule has 30 heavy (non-hydrogen) atoms. The Labute approximate surface area is 175 Å². The minimum Gasteiger partial charge on any atom is -0.508 e. The molecule has 7 heteroatoms. The van der Waals surface area contributed by atoms with Gasteiger partial charge in [-0.2, -0.15) is 5.10 Å². The molecular formula is C23H27N5O2. The molecule has 2 aromatic heterocycles. The van der Waals surface area contributed by atoms with Crippen molar-refractivity contribution in [3.63, 3.8) is 0 Å². The van der Waals surface area contributed by atoms with Crippen LogP contribution in [0.1, 0.15) is 30.2 Å². The van der Waals surface area contributed by atoms with Gasteiger partial charge >= 0.3 is 0 Å². The Morgan fingerprint density at radius 1 is 1.20 bits per heavy atom. The lowest BCUT2D eigenvalue weighted by molar-refractivity contribution is -0.142. The smallest absolute Gasteiger partial charge is 0.182 e. The van der Waals surface area contributed by atoms with E-state index in [1.807, 2.05) is 19.1 Å². The molecule has 2 aliphatic heterocycles. The number of aromatic nitrogens is 3. The zero-order chi connectivity index (χ0) is 20.2. The van der Waals surface area contributed by atoms with Crippen molar-refractivity contribution in [2.24, 2.45) is 5.92 Å². The predicted molar refractivity (Wildman–Crippen MR) is 114 cm³/mol. The largest absolute Gasteiger partial charge is 0.508 e. The van der Waals surface area contributed by atoms with E-state index >= 15 is 0 Å². The van der Waals surface area contributed by atoms with Gasteiger partial charge in [0.15, 0.2) is 5.65 Å². The first-order valence-corrected chi connectivity index (χ1v) is 10.9. The highest BCUT2D eigenvalue weighted by molar-refractivity contribution is 5.85. The lowest BCUT2D eigenvalue weighted by Crippen LogP contribution is -2.60. The zero-order valence-electron chi connectivity index (χ0n) is 17.1. The second-order valence-corrected chi connectivity index (χ2v) is 8.91. The number of nitrogens with one attached hydrogen (secondary N) is 2. The first-order valence-electron chi connectivity index (χ1n) is 10.9. The first kappa shape index (κ1) is 18.3. The average molecular weight is 406 g/mol. The summed E-state index contributed by atoms with van der Waals surface area (Å²) in [6.45, 7) is 6.05. The highest BCUT2D eigenvalue weighted by Gasteiger charge is 2.43. The normalized spacial score (nSPS) is 27.3. The highest BCUT2D eigenvalue weighted by Crippen LogP contribution is 2.41. The number of piperazine rings is 1. The molecule has 2 saturated heterocycles. The Bertz CT molecular complexity index is 1080. The van der Waals surface area contributed by atoms with E-state index in [1.54, 1.807) is 12.1 Å². The zero-order valence-corrected chi connectivity index (χ0v) is 17.1. The third-order valence-electron chi connectivity index (χ3n) is 6.90. The SMILES string of the molecule is Cc1[nH]nc2nc(-c3ccc(O)cc3)cc(C3OCC3N3CCNC(C4CC4)C3)c12. The van der Waals surface area contributed by atoms with Crippen molar-refractivity contribution in [1.29, 1.82) is 0 Å². The van der Waals surface area contributed by atoms with Gasteiger partial charge in [0, 0.05) is 42.3 Å². The summed E-state index contributed by atoms with van der Waals surface area (Å²) in [6, 6.07) is 10.3. The Hall–Kier alpha value is -2.48. The fourth-order valence-electron chi connectivity index (χ4n) is 5.00. The number of pyridine rings is 1. The lowest BCUT2D eigenvalue weighted by Gasteiger charge is -2.47. The van der Waals surface area contributed by atoms with E-state index in [0.717, 1.165) is 65.7 Å². The molecule has 0 radical (unpaired) electrons. The molecule has 1 saturated carbocycles. The molecule has 4 heterocycles. The molecule has 1 aliphatic carbocycles. The number of benzene rings is 1. The first-order chi connectivity index (χ1) is 14.7. The summed E-state index contributed by atoms with van der Waals surface area (Å²) in [7, 11) is 0. The third kappa shape index (κ3) is 3.09. The summed E-state index contributed by atoms with van der Waals surface area (Å²) in [5, 5.41) is 22.0. The number of rotatable bonds is 4. The van der Waals surface area contributed by atoms with Crippen LogP contribution in [-0.4, -0.2) is 63.5 Å². The van der Waals surface area contributed by atoms with E-state index in [2.05, 4.69) is 26.5 Å². The summed E-state index contributed by atoms with van der Waals surface area (Å²) < 4.78 is 6.16. The quantitative estimate of drug-likeness (QED) is 0.619. The van der Waals surface area contributed by atoms with Crippen LogP contribution in [0, 0.1) is 12.8 Å². The summed E-state index contributed by atoms with van der Waals surface area (Å²) in [6.07, 6.45) is 2.76. The van der Waals surface area contributed by atoms with Crippen LogP contribution in [0.2, 0.25) is 0 Å². The van der Waals surface area contributed by atoms with Crippen molar-refractivity contribution in [2.45, 2.75) is 38.0 Å². The molecule has 1 aromatic carbocycles. The van der Waals surface area contributed by atoms with Crippen LogP contribution in [-0.2, 0) is 4.74 Å². The fourth-order valence-corrected chi connectivity index (χ4v) is 5.00. The Morgan fingerprint density at radius 3 is 2.77 bits per heavy atom. The molecule has 3 aromatic rings. The number of aryl methyl sites for hydroxylation is 1. The Morgan fingerprint density at radius 2 is 2.03 bits per heavy atom. The summed E-state index contributed by atoms with van der Waals surface area (Å²) in [5.41, 5.74) is 4.72. The number of ether oxygens (including phenoxy) is 1. The van der Waals surface area contributed by atoms with Crippen molar-refractivity contribution in [3.8, 4) is 17.0 Å². The molecule has 3 unspecified atom stereocenters. The molecule has 3 N–H and O–H groups in total. The molecule has 3 aliphatic rings. The van der Waals surface area contributed by atoms with Gasteiger partial charge in [0.05, 0.1) is 18.3 Å². The van der Waals surface area contributed by atoms with Crippen molar-refractivity contribution in [1.82, 2.24) is 25.4 Å². The summed E-state index contributed by atoms with van der Waals surface area (Å²) >= 11 is 0. The van der Waals surface area contributed by atoms with Gasteiger partial charge in [-0.3, -0.25) is 10.00 Å². The van der Waals surface area contributed by atoms with Crippen LogP contribution in [0.5, 0.6) is 5.75 Å². The lowest BCUT2D eigenvalue weighted by atomic mass is 9.92. The molecule has 0 bridgehead atoms. The summed E-state index contributed by atoms with van der Waals surface area (Å²) in [5.74, 6) is 1.11. The third-order valence-corrected chi connectivity index (χ3v) is 6.90. The number of hydrogen-bond donors (Lipinski definition) is 3. The number of nitrogens with zero attached hydrogens (tertiary/aromatic N) is 3. The van der Waals surface area contributed by atoms with Crippen molar-refractivity contribution >= 4 is 11.0 Å². The molecule has 0 amide bonds. The maximum atomic E-state index is 9.64. The highest BCUT2D eigenvalue weighted by atomic mass is 16.5. The monoisotopic (exact) mass is 405 g/mol. The molecule has 156 valence electrons. The van der Waals surface area contributed by atoms with Gasteiger partial charge in [0.2, 0.25) is 0 Å². The van der Waals surface area contributed by atoms with E-state index < -0.39 is 0 Å². The van der Waals surface area contributed by atoms with Crippen molar-refractivity contribution in [2.75, 3.05) is 26.2 Å². The van der Waals surface area contributed by atoms with Crippen molar-refractivity contribution in [3.05, 3.63) is 41.6 Å². The number of aromatic hydroxyl groups is 1. The molecule has 3 fully saturated rings. The predicted octanol–water partition coefficient (Wildman–Crippen LogP) is 2.76. The van der Waals surface area contributed by atoms with E-state index in [1.165, 1.54) is 12.8 Å². The van der Waals surface area contributed by atoms with E-state index in [0.29, 0.717) is 12.1 Å². The van der Waals surface area contributed by atoms with Crippen LogP contribution >= 0.6 is 0 Å². The van der Waals surface area contributed by atoms with Crippen LogP contribution in [0.4, 0.5) is 0 Å². The number of H-pyrrole nitrogens is 1. The topological polar surface area (TPSA) is 86.3 Å². The van der Waals surface area contributed by atoms with E-state index in [9.17, 15) is 5.11 Å². The maximum Gasteiger partial charge on any atom is 0.182 e. The van der Waals surface area contributed by atoms with Gasteiger partial charge in [0.25, 0.3) is 0 Å². The van der Waals surface area contributed by atoms with Crippen LogP contribution in [0.3, 0.4) is 0 Å². The fraction of sp³-hybridized carbons (Fsp3) is 0.478. The van der Waals surface area contributed by atoms with Crippen LogP contribution < -0.4 is 5.32 Å². The summed E-state index contributed by atoms with van der Waals surface area (Å²) in [4.78, 5) is 7.40. The Balaban J connectivity index is 1.36. The van der Waals surface area contributed by atoms with Gasteiger partial charge < -0.3 is 15.2 Å². The van der Waals surface area contributed by atoms with Crippen molar-refractivity contribution < 1.29 is 9.84 Å². The molecule has 0 spiro atoms. The van der Waals surface area contributed by atoms with E-state index in [-0.39, 0.29) is 11.9 Å². The standard InChI is InChI=1S/C23H27N5O2/c1-13-21-17(10-18(25-23(21)27-26-13)14-4-6-16(29)7-5-14)22-20(12-30-22)28-9-8-24-19(11-28)15-2-3-15/h4-7,10,15,19-20,22,24,29H,2-3,8-9,11-12H2,1H3,(H,25,26,27). The second kappa shape index (κ2) is 7.04. The van der Waals surface area contributed by atoms with Gasteiger partial charge in [0.1, 0.15) is 11.9 Å². The van der Waals surface area contributed by atoms with Gasteiger partial charge in [-0.25, -0.2) is 4.98 Å². The molecular weight excluding hydrogens is 378 g/mol. The minimum absolute atomic E-state index is 0.0284. The number of phenolic OH excluding ortho intramolecular Hbond substituents is 1. The van der Waals surface area contributed by atoms with Crippen LogP contribution in [0.25, 0.3) is 22.3 Å². The van der Waals surface area contributed by atoms with Gasteiger partial charge in [-0.1, -0.05) is 0 Å². The number of hydrogen-bond acceptors (Lipinski definition) is 6. The molecule has 3 atom stereocenters.